The van der Waals surface area contributed by atoms with Gasteiger partial charge in [-0.2, -0.15) is 9.78 Å². The largest absolute Gasteiger partial charge is 0.462 e. The van der Waals surface area contributed by atoms with Gasteiger partial charge in [-0.05, 0) is 13.8 Å². The molecule has 0 saturated carbocycles. The van der Waals surface area contributed by atoms with E-state index in [1.807, 2.05) is 0 Å². The van der Waals surface area contributed by atoms with E-state index in [1.165, 1.54) is 17.1 Å². The van der Waals surface area contributed by atoms with Gasteiger partial charge in [-0.3, -0.25) is 4.98 Å². The molecule has 2 aromatic rings. The number of nitrogens with zero attached hydrogens (tertiary/aromatic N) is 4. The van der Waals surface area contributed by atoms with Gasteiger partial charge in [0.15, 0.2) is 5.82 Å². The summed E-state index contributed by atoms with van der Waals surface area (Å²) in [5, 5.41) is 4.04. The minimum Gasteiger partial charge on any atom is -0.462 e. The van der Waals surface area contributed by atoms with Crippen molar-refractivity contribution >= 4 is 11.8 Å². The number of aryl methyl sites for hydroxylation is 1. The summed E-state index contributed by atoms with van der Waals surface area (Å²) >= 11 is 0. The van der Waals surface area contributed by atoms with E-state index in [-0.39, 0.29) is 18.0 Å². The smallest absolute Gasteiger partial charge is 0.343 e. The standard InChI is InChI=1S/C11H13N5O2/c1-3-18-11(17)8-6-15-16(9(8)12)10-7(2)13-4-5-14-10/h4-6H,3,12H2,1-2H3. The second-order valence-corrected chi connectivity index (χ2v) is 3.54. The number of anilines is 1. The third-order valence-electron chi connectivity index (χ3n) is 2.36. The minimum absolute atomic E-state index is 0.192. The van der Waals surface area contributed by atoms with E-state index in [0.29, 0.717) is 11.5 Å². The molecule has 7 heteroatoms. The molecule has 0 aromatic carbocycles. The zero-order chi connectivity index (χ0) is 13.1. The van der Waals surface area contributed by atoms with Gasteiger partial charge >= 0.3 is 5.97 Å². The molecule has 2 heterocycles. The summed E-state index contributed by atoms with van der Waals surface area (Å²) in [6.07, 6.45) is 4.47. The number of rotatable bonds is 3. The van der Waals surface area contributed by atoms with Crippen molar-refractivity contribution in [1.29, 1.82) is 0 Å². The van der Waals surface area contributed by atoms with Crippen LogP contribution in [0.25, 0.3) is 5.82 Å². The summed E-state index contributed by atoms with van der Waals surface area (Å²) in [5.41, 5.74) is 6.76. The van der Waals surface area contributed by atoms with Gasteiger partial charge < -0.3 is 10.5 Å². The Hall–Kier alpha value is -2.44. The first kappa shape index (κ1) is 12.0. The average Bonchev–Trinajstić information content (AvgIpc) is 2.72. The summed E-state index contributed by atoms with van der Waals surface area (Å²) in [4.78, 5) is 19.8. The number of esters is 1. The summed E-state index contributed by atoms with van der Waals surface area (Å²) in [6, 6.07) is 0. The van der Waals surface area contributed by atoms with Crippen LogP contribution in [0.5, 0.6) is 0 Å². The van der Waals surface area contributed by atoms with E-state index in [9.17, 15) is 4.79 Å². The van der Waals surface area contributed by atoms with Gasteiger partial charge in [0.05, 0.1) is 18.5 Å². The molecule has 2 aromatic heterocycles. The van der Waals surface area contributed by atoms with Crippen LogP contribution in [0.4, 0.5) is 5.82 Å². The van der Waals surface area contributed by atoms with Gasteiger partial charge in [0.2, 0.25) is 0 Å². The van der Waals surface area contributed by atoms with Gasteiger partial charge in [-0.15, -0.1) is 0 Å². The number of ether oxygens (including phenoxy) is 1. The van der Waals surface area contributed by atoms with Crippen LogP contribution in [0, 0.1) is 6.92 Å². The Morgan fingerprint density at radius 3 is 2.83 bits per heavy atom. The summed E-state index contributed by atoms with van der Waals surface area (Å²) in [7, 11) is 0. The Bertz CT molecular complexity index is 579. The monoisotopic (exact) mass is 247 g/mol. The van der Waals surface area contributed by atoms with Crippen LogP contribution >= 0.6 is 0 Å². The Balaban J connectivity index is 2.43. The molecule has 0 aliphatic carbocycles. The molecule has 2 N–H and O–H groups in total. The Morgan fingerprint density at radius 2 is 2.17 bits per heavy atom. The molecule has 94 valence electrons. The molecular formula is C11H13N5O2. The molecule has 0 amide bonds. The van der Waals surface area contributed by atoms with Gasteiger partial charge in [0.1, 0.15) is 11.4 Å². The molecule has 0 unspecified atom stereocenters. The second-order valence-electron chi connectivity index (χ2n) is 3.54. The predicted molar refractivity (Wildman–Crippen MR) is 64.3 cm³/mol. The number of aromatic nitrogens is 4. The lowest BCUT2D eigenvalue weighted by Gasteiger charge is -2.05. The maximum Gasteiger partial charge on any atom is 0.343 e. The van der Waals surface area contributed by atoms with E-state index < -0.39 is 5.97 Å². The molecule has 2 rings (SSSR count). The molecule has 0 spiro atoms. The maximum absolute atomic E-state index is 11.6. The number of nitrogens with two attached hydrogens (primary N) is 1. The molecule has 0 aliphatic heterocycles. The number of carbonyl (C=O) groups excluding carboxylic acids is 1. The fraction of sp³-hybridized carbons (Fsp3) is 0.273. The molecule has 0 fully saturated rings. The van der Waals surface area contributed by atoms with E-state index >= 15 is 0 Å². The van der Waals surface area contributed by atoms with Gasteiger partial charge in [-0.1, -0.05) is 0 Å². The second kappa shape index (κ2) is 4.82. The van der Waals surface area contributed by atoms with Crippen molar-refractivity contribution in [1.82, 2.24) is 19.7 Å². The van der Waals surface area contributed by atoms with Crippen LogP contribution in [0.3, 0.4) is 0 Å². The Kier molecular flexibility index (Phi) is 3.22. The summed E-state index contributed by atoms with van der Waals surface area (Å²) in [6.45, 7) is 3.80. The highest BCUT2D eigenvalue weighted by atomic mass is 16.5. The van der Waals surface area contributed by atoms with E-state index in [1.54, 1.807) is 20.0 Å². The van der Waals surface area contributed by atoms with Crippen molar-refractivity contribution in [3.8, 4) is 5.82 Å². The first-order valence-corrected chi connectivity index (χ1v) is 5.43. The van der Waals surface area contributed by atoms with Crippen molar-refractivity contribution in [2.75, 3.05) is 12.3 Å². The van der Waals surface area contributed by atoms with Gasteiger partial charge in [-0.25, -0.2) is 9.78 Å². The fourth-order valence-electron chi connectivity index (χ4n) is 1.50. The molecule has 0 radical (unpaired) electrons. The van der Waals surface area contributed by atoms with E-state index in [2.05, 4.69) is 15.1 Å². The average molecular weight is 247 g/mol. The highest BCUT2D eigenvalue weighted by molar-refractivity contribution is 5.94. The lowest BCUT2D eigenvalue weighted by Crippen LogP contribution is -2.10. The molecule has 0 saturated heterocycles. The lowest BCUT2D eigenvalue weighted by atomic mass is 10.3. The van der Waals surface area contributed by atoms with Gasteiger partial charge in [0, 0.05) is 12.4 Å². The lowest BCUT2D eigenvalue weighted by molar-refractivity contribution is 0.0527. The third-order valence-corrected chi connectivity index (χ3v) is 2.36. The van der Waals surface area contributed by atoms with Crippen molar-refractivity contribution < 1.29 is 9.53 Å². The van der Waals surface area contributed by atoms with Crippen molar-refractivity contribution in [2.45, 2.75) is 13.8 Å². The molecule has 7 nitrogen and oxygen atoms in total. The molecule has 0 bridgehead atoms. The first-order chi connectivity index (χ1) is 8.65. The van der Waals surface area contributed by atoms with Crippen LogP contribution in [-0.4, -0.2) is 32.3 Å². The molecule has 0 aliphatic rings. The normalized spacial score (nSPS) is 10.3. The Morgan fingerprint density at radius 1 is 1.44 bits per heavy atom. The zero-order valence-electron chi connectivity index (χ0n) is 10.1. The third kappa shape index (κ3) is 2.02. The van der Waals surface area contributed by atoms with Crippen molar-refractivity contribution in [3.63, 3.8) is 0 Å². The number of hydrogen-bond acceptors (Lipinski definition) is 6. The summed E-state index contributed by atoms with van der Waals surface area (Å²) in [5.74, 6) is 0.186. The number of hydrogen-bond donors (Lipinski definition) is 1. The Labute approximate surface area is 104 Å². The highest BCUT2D eigenvalue weighted by Gasteiger charge is 2.18. The first-order valence-electron chi connectivity index (χ1n) is 5.43. The van der Waals surface area contributed by atoms with Crippen LogP contribution in [-0.2, 0) is 4.74 Å². The van der Waals surface area contributed by atoms with Crippen LogP contribution in [0.15, 0.2) is 18.6 Å². The summed E-state index contributed by atoms with van der Waals surface area (Å²) < 4.78 is 6.25. The molecular weight excluding hydrogens is 234 g/mol. The maximum atomic E-state index is 11.6. The SMILES string of the molecule is CCOC(=O)c1cnn(-c2nccnc2C)c1N. The number of nitrogen functional groups attached to an aromatic ring is 1. The highest BCUT2D eigenvalue weighted by Crippen LogP contribution is 2.17. The molecule has 18 heavy (non-hydrogen) atoms. The minimum atomic E-state index is -0.497. The van der Waals surface area contributed by atoms with E-state index in [0.717, 1.165) is 0 Å². The van der Waals surface area contributed by atoms with Crippen molar-refractivity contribution in [2.24, 2.45) is 0 Å². The predicted octanol–water partition coefficient (Wildman–Crippen LogP) is 0.730. The van der Waals surface area contributed by atoms with Crippen LogP contribution in [0.2, 0.25) is 0 Å². The van der Waals surface area contributed by atoms with Gasteiger partial charge in [0.25, 0.3) is 0 Å². The van der Waals surface area contributed by atoms with Crippen LogP contribution in [0.1, 0.15) is 23.0 Å². The molecule has 0 atom stereocenters. The van der Waals surface area contributed by atoms with E-state index in [4.69, 9.17) is 10.5 Å². The fourth-order valence-corrected chi connectivity index (χ4v) is 1.50. The number of carbonyl (C=O) groups is 1. The quantitative estimate of drug-likeness (QED) is 0.803. The van der Waals surface area contributed by atoms with Crippen molar-refractivity contribution in [3.05, 3.63) is 29.8 Å². The topological polar surface area (TPSA) is 95.9 Å². The van der Waals surface area contributed by atoms with Crippen LogP contribution < -0.4 is 5.73 Å². The zero-order valence-corrected chi connectivity index (χ0v) is 10.1.